The molecule has 0 fully saturated rings. The predicted molar refractivity (Wildman–Crippen MR) is 77.4 cm³/mol. The summed E-state index contributed by atoms with van der Waals surface area (Å²) in [6.07, 6.45) is 1.15. The zero-order valence-electron chi connectivity index (χ0n) is 10.4. The molecule has 0 atom stereocenters. The molecule has 0 N–H and O–H groups in total. The second-order valence-electron chi connectivity index (χ2n) is 3.87. The molecule has 96 valence electrons. The molecule has 0 aliphatic rings. The lowest BCUT2D eigenvalue weighted by atomic mass is 10.2. The van der Waals surface area contributed by atoms with Gasteiger partial charge in [0.1, 0.15) is 5.75 Å². The summed E-state index contributed by atoms with van der Waals surface area (Å²) in [5, 5.41) is 1.80. The molecule has 0 heterocycles. The molecule has 0 aliphatic carbocycles. The first-order chi connectivity index (χ1) is 8.21. The van der Waals surface area contributed by atoms with E-state index in [1.165, 1.54) is 0 Å². The highest BCUT2D eigenvalue weighted by Gasteiger charge is 2.08. The summed E-state index contributed by atoms with van der Waals surface area (Å²) in [5.74, 6) is 0.909. The van der Waals surface area contributed by atoms with Crippen molar-refractivity contribution in [3.05, 3.63) is 28.8 Å². The molecule has 1 aromatic carbocycles. The van der Waals surface area contributed by atoms with Crippen LogP contribution in [0.4, 0.5) is 0 Å². The second kappa shape index (κ2) is 7.96. The van der Waals surface area contributed by atoms with Crippen LogP contribution >= 0.6 is 27.5 Å². The van der Waals surface area contributed by atoms with Gasteiger partial charge in [0.25, 0.3) is 0 Å². The topological polar surface area (TPSA) is 12.5 Å². The van der Waals surface area contributed by atoms with Crippen LogP contribution in [-0.2, 0) is 6.54 Å². The third kappa shape index (κ3) is 4.86. The standard InChI is InChI=1S/C13H19BrClNO/c1-3-16(8-4-7-14)10-11-9-12(15)5-6-13(11)17-2/h5-6,9H,3-4,7-8,10H2,1-2H3. The van der Waals surface area contributed by atoms with Gasteiger partial charge < -0.3 is 4.74 Å². The lowest BCUT2D eigenvalue weighted by molar-refractivity contribution is 0.276. The first kappa shape index (κ1) is 14.8. The quantitative estimate of drug-likeness (QED) is 0.705. The summed E-state index contributed by atoms with van der Waals surface area (Å²) >= 11 is 9.48. The third-order valence-electron chi connectivity index (χ3n) is 2.69. The van der Waals surface area contributed by atoms with Crippen molar-refractivity contribution >= 4 is 27.5 Å². The van der Waals surface area contributed by atoms with Crippen LogP contribution in [0, 0.1) is 0 Å². The fourth-order valence-electron chi connectivity index (χ4n) is 1.74. The van der Waals surface area contributed by atoms with Crippen molar-refractivity contribution in [3.63, 3.8) is 0 Å². The minimum Gasteiger partial charge on any atom is -0.496 e. The average Bonchev–Trinajstić information content (AvgIpc) is 2.34. The summed E-state index contributed by atoms with van der Waals surface area (Å²) in [6, 6.07) is 5.77. The molecule has 17 heavy (non-hydrogen) atoms. The van der Waals surface area contributed by atoms with Gasteiger partial charge in [-0.3, -0.25) is 4.90 Å². The Kier molecular flexibility index (Phi) is 6.93. The van der Waals surface area contributed by atoms with Crippen molar-refractivity contribution in [2.75, 3.05) is 25.5 Å². The van der Waals surface area contributed by atoms with Gasteiger partial charge in [-0.2, -0.15) is 0 Å². The normalized spacial score (nSPS) is 10.9. The van der Waals surface area contributed by atoms with Crippen molar-refractivity contribution in [2.45, 2.75) is 19.9 Å². The van der Waals surface area contributed by atoms with Crippen LogP contribution in [0.15, 0.2) is 18.2 Å². The van der Waals surface area contributed by atoms with Crippen molar-refractivity contribution in [1.29, 1.82) is 0 Å². The van der Waals surface area contributed by atoms with E-state index in [1.54, 1.807) is 7.11 Å². The Morgan fingerprint density at radius 1 is 1.41 bits per heavy atom. The molecule has 0 aliphatic heterocycles. The summed E-state index contributed by atoms with van der Waals surface area (Å²) in [5.41, 5.74) is 1.15. The Morgan fingerprint density at radius 3 is 2.76 bits per heavy atom. The largest absolute Gasteiger partial charge is 0.496 e. The van der Waals surface area contributed by atoms with E-state index >= 15 is 0 Å². The van der Waals surface area contributed by atoms with E-state index in [1.807, 2.05) is 18.2 Å². The van der Waals surface area contributed by atoms with Gasteiger partial charge in [0.05, 0.1) is 7.11 Å². The molecule has 0 saturated heterocycles. The lowest BCUT2D eigenvalue weighted by Gasteiger charge is -2.21. The lowest BCUT2D eigenvalue weighted by Crippen LogP contribution is -2.24. The van der Waals surface area contributed by atoms with Gasteiger partial charge in [0, 0.05) is 22.5 Å². The van der Waals surface area contributed by atoms with Crippen LogP contribution < -0.4 is 4.74 Å². The van der Waals surface area contributed by atoms with Crippen LogP contribution in [0.2, 0.25) is 5.02 Å². The molecule has 0 aromatic heterocycles. The van der Waals surface area contributed by atoms with E-state index in [-0.39, 0.29) is 0 Å². The van der Waals surface area contributed by atoms with Crippen LogP contribution in [0.1, 0.15) is 18.9 Å². The fourth-order valence-corrected chi connectivity index (χ4v) is 2.19. The number of hydrogen-bond donors (Lipinski definition) is 0. The van der Waals surface area contributed by atoms with Crippen LogP contribution in [0.25, 0.3) is 0 Å². The number of ether oxygens (including phenoxy) is 1. The molecule has 0 saturated carbocycles. The van der Waals surface area contributed by atoms with E-state index in [2.05, 4.69) is 27.8 Å². The second-order valence-corrected chi connectivity index (χ2v) is 5.10. The molecular formula is C13H19BrClNO. The average molecular weight is 321 g/mol. The predicted octanol–water partition coefficient (Wildman–Crippen LogP) is 3.96. The minimum absolute atomic E-state index is 0.761. The monoisotopic (exact) mass is 319 g/mol. The van der Waals surface area contributed by atoms with Gasteiger partial charge in [-0.15, -0.1) is 0 Å². The number of rotatable bonds is 7. The molecule has 0 spiro atoms. The van der Waals surface area contributed by atoms with Crippen LogP contribution in [-0.4, -0.2) is 30.4 Å². The summed E-state index contributed by atoms with van der Waals surface area (Å²) in [4.78, 5) is 2.38. The van der Waals surface area contributed by atoms with Gasteiger partial charge in [-0.1, -0.05) is 34.5 Å². The fraction of sp³-hybridized carbons (Fsp3) is 0.538. The number of hydrogen-bond acceptors (Lipinski definition) is 2. The highest BCUT2D eigenvalue weighted by Crippen LogP contribution is 2.24. The Balaban J connectivity index is 2.73. The zero-order chi connectivity index (χ0) is 12.7. The molecule has 2 nitrogen and oxygen atoms in total. The molecule has 0 radical (unpaired) electrons. The van der Waals surface area contributed by atoms with Crippen molar-refractivity contribution < 1.29 is 4.74 Å². The number of halogens is 2. The van der Waals surface area contributed by atoms with Crippen molar-refractivity contribution in [3.8, 4) is 5.75 Å². The van der Waals surface area contributed by atoms with E-state index in [4.69, 9.17) is 16.3 Å². The number of benzene rings is 1. The smallest absolute Gasteiger partial charge is 0.123 e. The molecular weight excluding hydrogens is 302 g/mol. The first-order valence-electron chi connectivity index (χ1n) is 5.82. The van der Waals surface area contributed by atoms with Crippen LogP contribution in [0.5, 0.6) is 5.75 Å². The number of methoxy groups -OCH3 is 1. The summed E-state index contributed by atoms with van der Waals surface area (Å²) in [6.45, 7) is 5.17. The van der Waals surface area contributed by atoms with E-state index in [0.29, 0.717) is 0 Å². The van der Waals surface area contributed by atoms with E-state index in [9.17, 15) is 0 Å². The minimum atomic E-state index is 0.761. The molecule has 0 amide bonds. The SMILES string of the molecule is CCN(CCCBr)Cc1cc(Cl)ccc1OC. The van der Waals surface area contributed by atoms with Gasteiger partial charge >= 0.3 is 0 Å². The third-order valence-corrected chi connectivity index (χ3v) is 3.49. The Morgan fingerprint density at radius 2 is 2.18 bits per heavy atom. The highest BCUT2D eigenvalue weighted by molar-refractivity contribution is 9.09. The molecule has 0 bridgehead atoms. The highest BCUT2D eigenvalue weighted by atomic mass is 79.9. The van der Waals surface area contributed by atoms with Gasteiger partial charge in [-0.25, -0.2) is 0 Å². The van der Waals surface area contributed by atoms with Gasteiger partial charge in [0.15, 0.2) is 0 Å². The Hall–Kier alpha value is -0.250. The van der Waals surface area contributed by atoms with Crippen LogP contribution in [0.3, 0.4) is 0 Å². The van der Waals surface area contributed by atoms with E-state index < -0.39 is 0 Å². The maximum Gasteiger partial charge on any atom is 0.123 e. The molecule has 0 unspecified atom stereocenters. The van der Waals surface area contributed by atoms with E-state index in [0.717, 1.165) is 47.7 Å². The zero-order valence-corrected chi connectivity index (χ0v) is 12.7. The van der Waals surface area contributed by atoms with Crippen molar-refractivity contribution in [1.82, 2.24) is 4.90 Å². The summed E-state index contributed by atoms with van der Waals surface area (Å²) < 4.78 is 5.36. The maximum absolute atomic E-state index is 6.02. The van der Waals surface area contributed by atoms with Gasteiger partial charge in [-0.05, 0) is 37.7 Å². The first-order valence-corrected chi connectivity index (χ1v) is 7.32. The summed E-state index contributed by atoms with van der Waals surface area (Å²) in [7, 11) is 1.70. The van der Waals surface area contributed by atoms with Crippen molar-refractivity contribution in [2.24, 2.45) is 0 Å². The molecule has 1 aromatic rings. The number of alkyl halides is 1. The Bertz CT molecular complexity index is 346. The molecule has 1 rings (SSSR count). The number of nitrogens with zero attached hydrogens (tertiary/aromatic N) is 1. The Labute approximate surface area is 117 Å². The maximum atomic E-state index is 6.02. The van der Waals surface area contributed by atoms with Gasteiger partial charge in [0.2, 0.25) is 0 Å². The molecule has 4 heteroatoms.